The summed E-state index contributed by atoms with van der Waals surface area (Å²) in [7, 11) is 1.88. The van der Waals surface area contributed by atoms with E-state index in [1.165, 1.54) is 0 Å². The van der Waals surface area contributed by atoms with Crippen molar-refractivity contribution < 1.29 is 23.8 Å². The highest BCUT2D eigenvalue weighted by Crippen LogP contribution is 2.43. The summed E-state index contributed by atoms with van der Waals surface area (Å²) < 4.78 is 21.3. The van der Waals surface area contributed by atoms with Crippen LogP contribution in [-0.4, -0.2) is 45.1 Å². The van der Waals surface area contributed by atoms with Gasteiger partial charge in [0.15, 0.2) is 0 Å². The van der Waals surface area contributed by atoms with E-state index in [9.17, 15) is 9.59 Å². The van der Waals surface area contributed by atoms with Gasteiger partial charge in [-0.3, -0.25) is 9.48 Å². The van der Waals surface area contributed by atoms with E-state index >= 15 is 0 Å². The number of halogens is 2. The van der Waals surface area contributed by atoms with Crippen LogP contribution in [0.15, 0.2) is 54.6 Å². The van der Waals surface area contributed by atoms with Crippen molar-refractivity contribution in [1.29, 1.82) is 0 Å². The van der Waals surface area contributed by atoms with Crippen LogP contribution in [0.1, 0.15) is 80.8 Å². The van der Waals surface area contributed by atoms with Gasteiger partial charge in [-0.25, -0.2) is 4.79 Å². The molecule has 0 N–H and O–H groups in total. The quantitative estimate of drug-likeness (QED) is 0.0650. The number of hydrogen-bond donors (Lipinski definition) is 0. The molecule has 0 spiro atoms. The largest absolute Gasteiger partial charge is 0.493 e. The summed E-state index contributed by atoms with van der Waals surface area (Å²) in [5, 5.41) is 8.28. The van der Waals surface area contributed by atoms with E-state index in [-0.39, 0.29) is 24.9 Å². The molecule has 0 saturated carbocycles. The lowest BCUT2D eigenvalue weighted by Gasteiger charge is -2.19. The van der Waals surface area contributed by atoms with Crippen LogP contribution in [0.2, 0.25) is 5.02 Å². The minimum atomic E-state index is -0.551. The second kappa shape index (κ2) is 15.7. The zero-order valence-corrected chi connectivity index (χ0v) is 30.7. The average Bonchev–Trinajstić information content (AvgIpc) is 3.53. The SMILES string of the molecule is CCOC(=O)c1c(CCCOc2cccc3ccccc23)c2ccc(Cl)c(-c3c(CCl)nn(C)c3C)c2n1CCCCC(=O)OC(C)(C)C. The lowest BCUT2D eigenvalue weighted by atomic mass is 9.98. The fourth-order valence-electron chi connectivity index (χ4n) is 6.42. The maximum Gasteiger partial charge on any atom is 0.355 e. The first-order valence-electron chi connectivity index (χ1n) is 16.9. The smallest absolute Gasteiger partial charge is 0.355 e. The number of carbonyl (C=O) groups excluding carboxylic acids is 2. The number of alkyl halides is 1. The third-order valence-electron chi connectivity index (χ3n) is 8.54. The third kappa shape index (κ3) is 8.08. The van der Waals surface area contributed by atoms with Crippen molar-refractivity contribution in [2.24, 2.45) is 7.05 Å². The summed E-state index contributed by atoms with van der Waals surface area (Å²) in [5.74, 6) is 0.372. The zero-order valence-electron chi connectivity index (χ0n) is 29.2. The van der Waals surface area contributed by atoms with Gasteiger partial charge >= 0.3 is 11.9 Å². The topological polar surface area (TPSA) is 84.6 Å². The standard InChI is InChI=1S/C39H45Cl2N3O5/c1-7-47-38(46)37-28(17-13-23-48-32-18-12-15-26-14-8-9-16-27(26)32)29-20-21-30(41)35(34-25(2)43(6)42-31(34)24-40)36(29)44(37)22-11-10-19-33(45)49-39(3,4)5/h8-9,12,14-16,18,20-21H,7,10-11,13,17,19,22-24H2,1-6H3. The Kier molecular flexibility index (Phi) is 11.6. The van der Waals surface area contributed by atoms with E-state index in [1.54, 1.807) is 11.6 Å². The Bertz CT molecular complexity index is 1970. The molecule has 0 saturated heterocycles. The molecule has 0 atom stereocenters. The summed E-state index contributed by atoms with van der Waals surface area (Å²) in [5.41, 5.74) is 4.86. The van der Waals surface area contributed by atoms with Gasteiger partial charge in [0, 0.05) is 47.6 Å². The van der Waals surface area contributed by atoms with Crippen LogP contribution in [0.4, 0.5) is 0 Å². The molecule has 2 heterocycles. The summed E-state index contributed by atoms with van der Waals surface area (Å²) in [6.45, 7) is 10.5. The fraction of sp³-hybridized carbons (Fsp3) is 0.410. The molecule has 260 valence electrons. The Morgan fingerprint density at radius 3 is 2.43 bits per heavy atom. The Morgan fingerprint density at radius 2 is 1.69 bits per heavy atom. The number of fused-ring (bicyclic) bond motifs is 2. The predicted octanol–water partition coefficient (Wildman–Crippen LogP) is 9.60. The highest BCUT2D eigenvalue weighted by Gasteiger charge is 2.29. The van der Waals surface area contributed by atoms with E-state index in [2.05, 4.69) is 23.3 Å². The summed E-state index contributed by atoms with van der Waals surface area (Å²) >= 11 is 13.5. The van der Waals surface area contributed by atoms with Gasteiger partial charge in [-0.1, -0.05) is 54.1 Å². The number of aryl methyl sites for hydroxylation is 3. The van der Waals surface area contributed by atoms with Gasteiger partial charge in [0.05, 0.1) is 35.3 Å². The summed E-state index contributed by atoms with van der Waals surface area (Å²) in [6.07, 6.45) is 2.70. The normalized spacial score (nSPS) is 11.8. The van der Waals surface area contributed by atoms with Crippen molar-refractivity contribution in [3.05, 3.63) is 82.3 Å². The first-order valence-corrected chi connectivity index (χ1v) is 17.8. The van der Waals surface area contributed by atoms with Gasteiger partial charge < -0.3 is 18.8 Å². The Hall–Kier alpha value is -4.01. The predicted molar refractivity (Wildman–Crippen MR) is 197 cm³/mol. The Balaban J connectivity index is 1.56. The summed E-state index contributed by atoms with van der Waals surface area (Å²) in [6, 6.07) is 18.0. The number of nitrogens with zero attached hydrogens (tertiary/aromatic N) is 3. The van der Waals surface area contributed by atoms with Gasteiger partial charge in [0.25, 0.3) is 0 Å². The number of benzene rings is 3. The average molecular weight is 707 g/mol. The molecule has 8 nitrogen and oxygen atoms in total. The van der Waals surface area contributed by atoms with Crippen molar-refractivity contribution in [2.75, 3.05) is 13.2 Å². The van der Waals surface area contributed by atoms with Crippen molar-refractivity contribution in [1.82, 2.24) is 14.3 Å². The molecule has 0 radical (unpaired) electrons. The number of ether oxygens (including phenoxy) is 3. The molecule has 0 aliphatic rings. The first kappa shape index (κ1) is 36.3. The van der Waals surface area contributed by atoms with Gasteiger partial charge in [-0.15, -0.1) is 11.6 Å². The number of rotatable bonds is 14. The van der Waals surface area contributed by atoms with Crippen molar-refractivity contribution in [2.45, 2.75) is 84.7 Å². The second-order valence-electron chi connectivity index (χ2n) is 13.2. The molecule has 2 aromatic heterocycles. The Labute approximate surface area is 298 Å². The van der Waals surface area contributed by atoms with Crippen LogP contribution < -0.4 is 4.74 Å². The minimum absolute atomic E-state index is 0.198. The summed E-state index contributed by atoms with van der Waals surface area (Å²) in [4.78, 5) is 26.4. The van der Waals surface area contributed by atoms with E-state index < -0.39 is 11.6 Å². The number of hydrogen-bond acceptors (Lipinski definition) is 6. The lowest BCUT2D eigenvalue weighted by Crippen LogP contribution is -2.23. The Morgan fingerprint density at radius 1 is 0.939 bits per heavy atom. The molecule has 3 aromatic carbocycles. The number of aromatic nitrogens is 3. The fourth-order valence-corrected chi connectivity index (χ4v) is 6.85. The van der Waals surface area contributed by atoms with E-state index in [0.717, 1.165) is 49.8 Å². The lowest BCUT2D eigenvalue weighted by molar-refractivity contribution is -0.154. The van der Waals surface area contributed by atoms with Gasteiger partial charge in [-0.2, -0.15) is 5.10 Å². The molecule has 5 rings (SSSR count). The van der Waals surface area contributed by atoms with Crippen LogP contribution in [0, 0.1) is 6.92 Å². The van der Waals surface area contributed by atoms with Crippen molar-refractivity contribution in [3.63, 3.8) is 0 Å². The molecule has 0 amide bonds. The molecule has 0 fully saturated rings. The van der Waals surface area contributed by atoms with E-state index in [1.807, 2.05) is 75.7 Å². The second-order valence-corrected chi connectivity index (χ2v) is 13.8. The van der Waals surface area contributed by atoms with Crippen LogP contribution in [0.25, 0.3) is 32.8 Å². The molecule has 10 heteroatoms. The number of carbonyl (C=O) groups is 2. The maximum absolute atomic E-state index is 13.9. The highest BCUT2D eigenvalue weighted by molar-refractivity contribution is 6.35. The molecule has 0 bridgehead atoms. The van der Waals surface area contributed by atoms with E-state index in [0.29, 0.717) is 55.2 Å². The molecule has 0 aliphatic heterocycles. The van der Waals surface area contributed by atoms with Gasteiger partial charge in [-0.05, 0) is 83.4 Å². The van der Waals surface area contributed by atoms with Crippen LogP contribution >= 0.6 is 23.2 Å². The molecule has 49 heavy (non-hydrogen) atoms. The zero-order chi connectivity index (χ0) is 35.3. The molecular formula is C39H45Cl2N3O5. The van der Waals surface area contributed by atoms with Gasteiger partial charge in [0.2, 0.25) is 0 Å². The minimum Gasteiger partial charge on any atom is -0.493 e. The molecule has 0 aliphatic carbocycles. The number of esters is 2. The van der Waals surface area contributed by atoms with Gasteiger partial charge in [0.1, 0.15) is 17.0 Å². The highest BCUT2D eigenvalue weighted by atomic mass is 35.5. The molecular weight excluding hydrogens is 661 g/mol. The molecule has 0 unspecified atom stereocenters. The van der Waals surface area contributed by atoms with E-state index in [4.69, 9.17) is 37.4 Å². The third-order valence-corrected chi connectivity index (χ3v) is 9.11. The van der Waals surface area contributed by atoms with Crippen LogP contribution in [-0.2, 0) is 40.2 Å². The first-order chi connectivity index (χ1) is 23.4. The maximum atomic E-state index is 13.9. The monoisotopic (exact) mass is 705 g/mol. The van der Waals surface area contributed by atoms with Crippen LogP contribution in [0.3, 0.4) is 0 Å². The number of unbranched alkanes of at least 4 members (excludes halogenated alkanes) is 1. The van der Waals surface area contributed by atoms with Crippen molar-refractivity contribution >= 4 is 56.8 Å². The van der Waals surface area contributed by atoms with Crippen molar-refractivity contribution in [3.8, 4) is 16.9 Å². The van der Waals surface area contributed by atoms with Crippen LogP contribution in [0.5, 0.6) is 5.75 Å². The molecule has 5 aromatic rings.